The Labute approximate surface area is 240 Å². The van der Waals surface area contributed by atoms with Crippen LogP contribution >= 0.6 is 0 Å². The van der Waals surface area contributed by atoms with Crippen LogP contribution in [0.4, 0.5) is 4.79 Å². The molecule has 6 rings (SSSR count). The third kappa shape index (κ3) is 5.72. The first-order valence-electron chi connectivity index (χ1n) is 14.5. The van der Waals surface area contributed by atoms with Gasteiger partial charge in [0.15, 0.2) is 0 Å². The number of carbonyl (C=O) groups excluding carboxylic acids is 2. The van der Waals surface area contributed by atoms with Gasteiger partial charge >= 0.3 is 6.09 Å². The summed E-state index contributed by atoms with van der Waals surface area (Å²) in [5.74, 6) is 0.555. The number of hydrogen-bond donors (Lipinski definition) is 0. The van der Waals surface area contributed by atoms with E-state index in [1.165, 1.54) is 7.11 Å². The van der Waals surface area contributed by atoms with Gasteiger partial charge in [-0.05, 0) is 42.1 Å². The first kappa shape index (κ1) is 27.1. The van der Waals surface area contributed by atoms with Crippen LogP contribution in [0.15, 0.2) is 67.4 Å². The summed E-state index contributed by atoms with van der Waals surface area (Å²) in [7, 11) is 3.54. The number of aromatic nitrogens is 3. The summed E-state index contributed by atoms with van der Waals surface area (Å²) in [5.41, 5.74) is 3.88. The zero-order valence-electron chi connectivity index (χ0n) is 23.9. The van der Waals surface area contributed by atoms with E-state index >= 15 is 0 Å². The Balaban J connectivity index is 1.27. The molecule has 9 nitrogen and oxygen atoms in total. The standard InChI is InChI=1S/C32H38N6O3/c1-34-14-16-36(17-15-34)31(39)30-22-35(21-29(30)28-9-5-7-25-6-3-4-8-27(25)28)20-26-18-33-23-38(26)19-24-10-12-37(13-11-24)32(40)41-2/h3-9,18,21-24H,10-17,19-20H2,1-2H3. The molecule has 2 aliphatic heterocycles. The van der Waals surface area contributed by atoms with E-state index in [-0.39, 0.29) is 12.0 Å². The average Bonchev–Trinajstić information content (AvgIpc) is 3.63. The maximum absolute atomic E-state index is 13.9. The molecule has 2 aromatic carbocycles. The van der Waals surface area contributed by atoms with Crippen molar-refractivity contribution < 1.29 is 14.3 Å². The topological polar surface area (TPSA) is 75.8 Å². The Hall–Kier alpha value is -4.11. The van der Waals surface area contributed by atoms with Crippen molar-refractivity contribution >= 4 is 22.8 Å². The van der Waals surface area contributed by atoms with Crippen molar-refractivity contribution in [1.82, 2.24) is 28.8 Å². The molecular weight excluding hydrogens is 516 g/mol. The number of hydrogen-bond acceptors (Lipinski definition) is 5. The number of methoxy groups -OCH3 is 1. The van der Waals surface area contributed by atoms with Crippen molar-refractivity contribution in [2.75, 3.05) is 53.4 Å². The molecule has 2 aliphatic rings. The van der Waals surface area contributed by atoms with E-state index in [9.17, 15) is 9.59 Å². The Bertz CT molecular complexity index is 1520. The highest BCUT2D eigenvalue weighted by Crippen LogP contribution is 2.33. The molecular formula is C32H38N6O3. The van der Waals surface area contributed by atoms with Gasteiger partial charge in [-0.3, -0.25) is 4.79 Å². The van der Waals surface area contributed by atoms with E-state index in [0.29, 0.717) is 25.6 Å². The number of piperidine rings is 1. The second kappa shape index (κ2) is 11.8. The second-order valence-electron chi connectivity index (χ2n) is 11.3. The molecule has 0 unspecified atom stereocenters. The molecule has 0 atom stereocenters. The van der Waals surface area contributed by atoms with Crippen LogP contribution < -0.4 is 0 Å². The fourth-order valence-corrected chi connectivity index (χ4v) is 6.16. The molecule has 9 heteroatoms. The summed E-state index contributed by atoms with van der Waals surface area (Å²) >= 11 is 0. The first-order chi connectivity index (χ1) is 20.0. The maximum Gasteiger partial charge on any atom is 0.409 e. The summed E-state index contributed by atoms with van der Waals surface area (Å²) in [4.78, 5) is 36.3. The van der Waals surface area contributed by atoms with Crippen LogP contribution in [-0.4, -0.2) is 94.2 Å². The number of carbonyl (C=O) groups is 2. The number of imidazole rings is 1. The van der Waals surface area contributed by atoms with Crippen LogP contribution in [0.5, 0.6) is 0 Å². The fraction of sp³-hybridized carbons (Fsp3) is 0.406. The normalized spacial score (nSPS) is 16.8. The Morgan fingerprint density at radius 1 is 0.902 bits per heavy atom. The molecule has 4 aromatic rings. The van der Waals surface area contributed by atoms with Gasteiger partial charge in [0.2, 0.25) is 0 Å². The van der Waals surface area contributed by atoms with Crippen LogP contribution in [0.1, 0.15) is 28.9 Å². The third-order valence-electron chi connectivity index (χ3n) is 8.63. The minimum absolute atomic E-state index is 0.0886. The molecule has 2 saturated heterocycles. The molecule has 214 valence electrons. The zero-order valence-corrected chi connectivity index (χ0v) is 23.9. The van der Waals surface area contributed by atoms with Gasteiger partial charge in [0.1, 0.15) is 0 Å². The van der Waals surface area contributed by atoms with E-state index in [1.807, 2.05) is 29.7 Å². The molecule has 0 bridgehead atoms. The molecule has 0 spiro atoms. The van der Waals surface area contributed by atoms with E-state index in [1.54, 1.807) is 4.90 Å². The number of amides is 2. The van der Waals surface area contributed by atoms with Gasteiger partial charge in [-0.2, -0.15) is 0 Å². The summed E-state index contributed by atoms with van der Waals surface area (Å²) in [6, 6.07) is 14.7. The fourth-order valence-electron chi connectivity index (χ4n) is 6.16. The highest BCUT2D eigenvalue weighted by atomic mass is 16.5. The average molecular weight is 555 g/mol. The molecule has 0 N–H and O–H groups in total. The van der Waals surface area contributed by atoms with Gasteiger partial charge in [0.25, 0.3) is 5.91 Å². The minimum atomic E-state index is -0.247. The van der Waals surface area contributed by atoms with Gasteiger partial charge in [-0.1, -0.05) is 42.5 Å². The van der Waals surface area contributed by atoms with Crippen LogP contribution in [0.25, 0.3) is 21.9 Å². The number of nitrogens with zero attached hydrogens (tertiary/aromatic N) is 6. The molecule has 2 aromatic heterocycles. The van der Waals surface area contributed by atoms with Crippen LogP contribution in [-0.2, 0) is 17.8 Å². The number of likely N-dealkylation sites (N-methyl/N-ethyl adjacent to an activating group) is 1. The number of piperazine rings is 1. The maximum atomic E-state index is 13.9. The second-order valence-corrected chi connectivity index (χ2v) is 11.3. The number of likely N-dealkylation sites (tertiary alicyclic amines) is 1. The van der Waals surface area contributed by atoms with Crippen LogP contribution in [0, 0.1) is 5.92 Å². The number of fused-ring (bicyclic) bond motifs is 1. The van der Waals surface area contributed by atoms with Crippen molar-refractivity contribution in [3.8, 4) is 11.1 Å². The lowest BCUT2D eigenvalue weighted by Gasteiger charge is -2.32. The van der Waals surface area contributed by atoms with Gasteiger partial charge in [0.05, 0.1) is 31.2 Å². The number of benzene rings is 2. The van der Waals surface area contributed by atoms with Crippen LogP contribution in [0.2, 0.25) is 0 Å². The lowest BCUT2D eigenvalue weighted by atomic mass is 9.97. The first-order valence-corrected chi connectivity index (χ1v) is 14.5. The minimum Gasteiger partial charge on any atom is -0.453 e. The zero-order chi connectivity index (χ0) is 28.3. The van der Waals surface area contributed by atoms with E-state index in [0.717, 1.165) is 78.7 Å². The SMILES string of the molecule is COC(=O)N1CCC(Cn2cncc2Cn2cc(C(=O)N3CCN(C)CC3)c(-c3cccc4ccccc34)c2)CC1. The van der Waals surface area contributed by atoms with Gasteiger partial charge < -0.3 is 28.6 Å². The highest BCUT2D eigenvalue weighted by molar-refractivity contribution is 6.06. The summed E-state index contributed by atoms with van der Waals surface area (Å²) in [6.07, 6.45) is 9.58. The largest absolute Gasteiger partial charge is 0.453 e. The quantitative estimate of drug-likeness (QED) is 0.353. The van der Waals surface area contributed by atoms with Gasteiger partial charge in [-0.25, -0.2) is 9.78 Å². The predicted octanol–water partition coefficient (Wildman–Crippen LogP) is 4.42. The molecule has 41 heavy (non-hydrogen) atoms. The Morgan fingerprint density at radius 2 is 1.66 bits per heavy atom. The van der Waals surface area contributed by atoms with Crippen molar-refractivity contribution in [3.05, 3.63) is 78.6 Å². The summed E-state index contributed by atoms with van der Waals surface area (Å²) < 4.78 is 9.24. The van der Waals surface area contributed by atoms with E-state index in [2.05, 4.69) is 68.7 Å². The van der Waals surface area contributed by atoms with E-state index in [4.69, 9.17) is 4.74 Å². The van der Waals surface area contributed by atoms with Gasteiger partial charge in [-0.15, -0.1) is 0 Å². The third-order valence-corrected chi connectivity index (χ3v) is 8.63. The van der Waals surface area contributed by atoms with Crippen molar-refractivity contribution in [2.45, 2.75) is 25.9 Å². The summed E-state index contributed by atoms with van der Waals surface area (Å²) in [6.45, 7) is 6.13. The lowest BCUT2D eigenvalue weighted by molar-refractivity contribution is 0.0664. The Morgan fingerprint density at radius 3 is 2.44 bits per heavy atom. The molecule has 0 aliphatic carbocycles. The van der Waals surface area contributed by atoms with Crippen molar-refractivity contribution in [3.63, 3.8) is 0 Å². The van der Waals surface area contributed by atoms with Crippen molar-refractivity contribution in [1.29, 1.82) is 0 Å². The van der Waals surface area contributed by atoms with Crippen LogP contribution in [0.3, 0.4) is 0 Å². The summed E-state index contributed by atoms with van der Waals surface area (Å²) in [5, 5.41) is 2.30. The lowest BCUT2D eigenvalue weighted by Crippen LogP contribution is -2.47. The number of rotatable bonds is 6. The Kier molecular flexibility index (Phi) is 7.78. The predicted molar refractivity (Wildman–Crippen MR) is 159 cm³/mol. The number of ether oxygens (including phenoxy) is 1. The molecule has 2 fully saturated rings. The monoisotopic (exact) mass is 554 g/mol. The molecule has 0 saturated carbocycles. The van der Waals surface area contributed by atoms with Crippen molar-refractivity contribution in [2.24, 2.45) is 5.92 Å². The molecule has 4 heterocycles. The highest BCUT2D eigenvalue weighted by Gasteiger charge is 2.26. The van der Waals surface area contributed by atoms with E-state index < -0.39 is 0 Å². The molecule has 2 amide bonds. The smallest absolute Gasteiger partial charge is 0.409 e. The molecule has 0 radical (unpaired) electrons. The van der Waals surface area contributed by atoms with Gasteiger partial charge in [0, 0.05) is 70.0 Å².